The molecular formula is C18H21NO4. The Morgan fingerprint density at radius 2 is 2.00 bits per heavy atom. The second kappa shape index (κ2) is 8.31. The van der Waals surface area contributed by atoms with Crippen LogP contribution in [0.3, 0.4) is 0 Å². The van der Waals surface area contributed by atoms with Crippen LogP contribution < -0.4 is 10.1 Å². The summed E-state index contributed by atoms with van der Waals surface area (Å²) >= 11 is 0. The fourth-order valence-corrected chi connectivity index (χ4v) is 2.15. The molecule has 1 unspecified atom stereocenters. The van der Waals surface area contributed by atoms with Gasteiger partial charge in [-0.15, -0.1) is 0 Å². The number of rotatable bonds is 8. The zero-order valence-corrected chi connectivity index (χ0v) is 13.0. The normalized spacial score (nSPS) is 11.9. The van der Waals surface area contributed by atoms with Gasteiger partial charge in [-0.1, -0.05) is 24.3 Å². The summed E-state index contributed by atoms with van der Waals surface area (Å²) in [6.07, 6.45) is -0.641. The molecule has 1 atom stereocenters. The Bertz CT molecular complexity index is 657. The molecule has 0 saturated carbocycles. The molecule has 2 rings (SSSR count). The minimum absolute atomic E-state index is 0.200. The van der Waals surface area contributed by atoms with E-state index >= 15 is 0 Å². The Morgan fingerprint density at radius 1 is 1.22 bits per heavy atom. The Morgan fingerprint density at radius 3 is 2.74 bits per heavy atom. The number of benzene rings is 2. The van der Waals surface area contributed by atoms with Crippen molar-refractivity contribution in [3.63, 3.8) is 0 Å². The number of aromatic carboxylic acids is 1. The lowest BCUT2D eigenvalue weighted by Crippen LogP contribution is -2.31. The van der Waals surface area contributed by atoms with Crippen LogP contribution in [0.4, 0.5) is 0 Å². The van der Waals surface area contributed by atoms with Crippen LogP contribution in [0.15, 0.2) is 48.5 Å². The third-order valence-corrected chi connectivity index (χ3v) is 3.31. The largest absolute Gasteiger partial charge is 0.491 e. The van der Waals surface area contributed by atoms with Crippen molar-refractivity contribution in [1.82, 2.24) is 5.32 Å². The molecule has 0 aromatic heterocycles. The van der Waals surface area contributed by atoms with Gasteiger partial charge < -0.3 is 20.3 Å². The van der Waals surface area contributed by atoms with Crippen LogP contribution in [0.2, 0.25) is 0 Å². The second-order valence-corrected chi connectivity index (χ2v) is 5.42. The lowest BCUT2D eigenvalue weighted by Gasteiger charge is -2.13. The Labute approximate surface area is 135 Å². The summed E-state index contributed by atoms with van der Waals surface area (Å²) in [6, 6.07) is 14.4. The number of aryl methyl sites for hydroxylation is 1. The van der Waals surface area contributed by atoms with E-state index in [1.54, 1.807) is 18.2 Å². The highest BCUT2D eigenvalue weighted by atomic mass is 16.5. The average molecular weight is 315 g/mol. The third kappa shape index (κ3) is 5.73. The summed E-state index contributed by atoms with van der Waals surface area (Å²) in [5, 5.41) is 22.0. The van der Waals surface area contributed by atoms with Crippen LogP contribution in [0, 0.1) is 6.92 Å². The molecule has 122 valence electrons. The first-order valence-electron chi connectivity index (χ1n) is 7.45. The number of carboxylic acids is 1. The molecule has 0 spiro atoms. The second-order valence-electron chi connectivity index (χ2n) is 5.42. The van der Waals surface area contributed by atoms with Gasteiger partial charge in [-0.25, -0.2) is 4.79 Å². The summed E-state index contributed by atoms with van der Waals surface area (Å²) in [7, 11) is 0. The van der Waals surface area contributed by atoms with Gasteiger partial charge >= 0.3 is 5.97 Å². The minimum Gasteiger partial charge on any atom is -0.491 e. The fourth-order valence-electron chi connectivity index (χ4n) is 2.15. The van der Waals surface area contributed by atoms with Crippen molar-refractivity contribution in [2.24, 2.45) is 0 Å². The maximum atomic E-state index is 10.9. The highest BCUT2D eigenvalue weighted by molar-refractivity contribution is 5.87. The van der Waals surface area contributed by atoms with E-state index in [1.807, 2.05) is 37.3 Å². The molecule has 2 aromatic carbocycles. The van der Waals surface area contributed by atoms with Gasteiger partial charge in [0.15, 0.2) is 0 Å². The SMILES string of the molecule is Cc1cccc(OCC(O)CNCc2cccc(C(=O)O)c2)c1. The molecule has 23 heavy (non-hydrogen) atoms. The molecule has 0 aliphatic carbocycles. The van der Waals surface area contributed by atoms with Crippen molar-refractivity contribution in [3.05, 3.63) is 65.2 Å². The standard InChI is InChI=1S/C18H21NO4/c1-13-4-2-7-17(8-13)23-12-16(20)11-19-10-14-5-3-6-15(9-14)18(21)22/h2-9,16,19-20H,10-12H2,1H3,(H,21,22). The first kappa shape index (κ1) is 17.0. The molecular weight excluding hydrogens is 294 g/mol. The summed E-state index contributed by atoms with van der Waals surface area (Å²) in [5.74, 6) is -0.211. The molecule has 0 saturated heterocycles. The van der Waals surface area contributed by atoms with E-state index in [0.29, 0.717) is 13.1 Å². The third-order valence-electron chi connectivity index (χ3n) is 3.31. The Kier molecular flexibility index (Phi) is 6.14. The van der Waals surface area contributed by atoms with Crippen LogP contribution in [-0.4, -0.2) is 35.4 Å². The average Bonchev–Trinajstić information content (AvgIpc) is 2.53. The van der Waals surface area contributed by atoms with E-state index in [4.69, 9.17) is 9.84 Å². The number of carboxylic acid groups (broad SMARTS) is 1. The number of aliphatic hydroxyl groups excluding tert-OH is 1. The summed E-state index contributed by atoms with van der Waals surface area (Å²) in [6.45, 7) is 3.04. The molecule has 5 heteroatoms. The lowest BCUT2D eigenvalue weighted by atomic mass is 10.1. The molecule has 2 aromatic rings. The van der Waals surface area contributed by atoms with Gasteiger partial charge in [0, 0.05) is 13.1 Å². The van der Waals surface area contributed by atoms with Crippen LogP contribution >= 0.6 is 0 Å². The van der Waals surface area contributed by atoms with Gasteiger partial charge in [0.25, 0.3) is 0 Å². The minimum atomic E-state index is -0.946. The molecule has 3 N–H and O–H groups in total. The van der Waals surface area contributed by atoms with Gasteiger partial charge in [0.1, 0.15) is 18.5 Å². The number of ether oxygens (including phenoxy) is 1. The summed E-state index contributed by atoms with van der Waals surface area (Å²) in [5.41, 5.74) is 2.22. The molecule has 0 fully saturated rings. The monoisotopic (exact) mass is 315 g/mol. The van der Waals surface area contributed by atoms with Crippen LogP contribution in [-0.2, 0) is 6.54 Å². The highest BCUT2D eigenvalue weighted by Crippen LogP contribution is 2.12. The highest BCUT2D eigenvalue weighted by Gasteiger charge is 2.06. The number of hydrogen-bond acceptors (Lipinski definition) is 4. The van der Waals surface area contributed by atoms with Gasteiger partial charge in [-0.2, -0.15) is 0 Å². The van der Waals surface area contributed by atoms with Crippen molar-refractivity contribution in [1.29, 1.82) is 0 Å². The molecule has 5 nitrogen and oxygen atoms in total. The quantitative estimate of drug-likeness (QED) is 0.696. The number of aliphatic hydroxyl groups is 1. The molecule has 0 amide bonds. The van der Waals surface area contributed by atoms with Gasteiger partial charge in [-0.3, -0.25) is 0 Å². The van der Waals surface area contributed by atoms with E-state index in [-0.39, 0.29) is 12.2 Å². The first-order valence-corrected chi connectivity index (χ1v) is 7.45. The zero-order valence-electron chi connectivity index (χ0n) is 13.0. The van der Waals surface area contributed by atoms with Gasteiger partial charge in [-0.05, 0) is 42.3 Å². The van der Waals surface area contributed by atoms with E-state index in [2.05, 4.69) is 5.32 Å². The molecule has 0 heterocycles. The molecule has 0 aliphatic heterocycles. The first-order chi connectivity index (χ1) is 11.0. The zero-order chi connectivity index (χ0) is 16.7. The van der Waals surface area contributed by atoms with Crippen LogP contribution in [0.5, 0.6) is 5.75 Å². The molecule has 0 bridgehead atoms. The van der Waals surface area contributed by atoms with Crippen molar-refractivity contribution in [2.45, 2.75) is 19.6 Å². The van der Waals surface area contributed by atoms with Crippen molar-refractivity contribution < 1.29 is 19.7 Å². The van der Waals surface area contributed by atoms with Gasteiger partial charge in [0.2, 0.25) is 0 Å². The molecule has 0 aliphatic rings. The summed E-state index contributed by atoms with van der Waals surface area (Å²) < 4.78 is 5.53. The van der Waals surface area contributed by atoms with Crippen molar-refractivity contribution >= 4 is 5.97 Å². The van der Waals surface area contributed by atoms with Crippen molar-refractivity contribution in [3.8, 4) is 5.75 Å². The fraction of sp³-hybridized carbons (Fsp3) is 0.278. The Hall–Kier alpha value is -2.37. The number of carbonyl (C=O) groups is 1. The van der Waals surface area contributed by atoms with E-state index in [9.17, 15) is 9.90 Å². The van der Waals surface area contributed by atoms with E-state index < -0.39 is 12.1 Å². The van der Waals surface area contributed by atoms with Gasteiger partial charge in [0.05, 0.1) is 5.56 Å². The topological polar surface area (TPSA) is 78.8 Å². The lowest BCUT2D eigenvalue weighted by molar-refractivity contribution is 0.0696. The van der Waals surface area contributed by atoms with E-state index in [0.717, 1.165) is 16.9 Å². The maximum absolute atomic E-state index is 10.9. The Balaban J connectivity index is 1.73. The number of hydrogen-bond donors (Lipinski definition) is 3. The van der Waals surface area contributed by atoms with Crippen LogP contribution in [0.25, 0.3) is 0 Å². The maximum Gasteiger partial charge on any atom is 0.335 e. The summed E-state index contributed by atoms with van der Waals surface area (Å²) in [4.78, 5) is 10.9. The van der Waals surface area contributed by atoms with Crippen molar-refractivity contribution in [2.75, 3.05) is 13.2 Å². The predicted molar refractivity (Wildman–Crippen MR) is 87.8 cm³/mol. The van der Waals surface area contributed by atoms with Crippen LogP contribution in [0.1, 0.15) is 21.5 Å². The predicted octanol–water partition coefficient (Wildman–Crippen LogP) is 2.22. The smallest absolute Gasteiger partial charge is 0.335 e. The molecule has 0 radical (unpaired) electrons. The number of nitrogens with one attached hydrogen (secondary N) is 1. The van der Waals surface area contributed by atoms with E-state index in [1.165, 1.54) is 0 Å².